The molecule has 4 aromatic carbocycles. The van der Waals surface area contributed by atoms with Crippen LogP contribution in [0.15, 0.2) is 97.1 Å². The van der Waals surface area contributed by atoms with Gasteiger partial charge in [0.1, 0.15) is 0 Å². The van der Waals surface area contributed by atoms with Gasteiger partial charge in [-0.2, -0.15) is 0 Å². The average Bonchev–Trinajstić information content (AvgIpc) is 3.65. The van der Waals surface area contributed by atoms with Crippen LogP contribution in [0, 0.1) is 0 Å². The standard InChI is InChI=1S/C22H27ClN2.C21H25ClN2/c1-22(2)15-25(12-11-24(22)3)21-14-19(16-7-5-4-6-8-16)18-10-9-17(23)13-20(18)21;1-21(2)14-24(11-10-23-21)20-13-18(15-6-4-3-5-7-15)17-9-8-16(22)12-19(17)20/h4-10,13,19,21H,11-12,14-15H2,1-3H3;3-9,12,18,20,23H,10-11,13-14H2,1-2H3/t19-,21+;18-,20+/m00/s1. The van der Waals surface area contributed by atoms with Gasteiger partial charge in [-0.1, -0.05) is 96.0 Å². The van der Waals surface area contributed by atoms with E-state index in [2.05, 4.69) is 140 Å². The molecule has 258 valence electrons. The highest BCUT2D eigenvalue weighted by Gasteiger charge is 2.41. The molecule has 2 saturated heterocycles. The number of rotatable bonds is 4. The summed E-state index contributed by atoms with van der Waals surface area (Å²) >= 11 is 12.7. The second kappa shape index (κ2) is 14.1. The second-order valence-electron chi connectivity index (χ2n) is 16.0. The van der Waals surface area contributed by atoms with Crippen LogP contribution in [0.5, 0.6) is 0 Å². The van der Waals surface area contributed by atoms with E-state index in [1.54, 1.807) is 0 Å². The lowest BCUT2D eigenvalue weighted by molar-refractivity contribution is 0.0158. The van der Waals surface area contributed by atoms with E-state index in [4.69, 9.17) is 23.2 Å². The van der Waals surface area contributed by atoms with Gasteiger partial charge in [0, 0.05) is 84.3 Å². The molecule has 2 aliphatic heterocycles. The predicted molar refractivity (Wildman–Crippen MR) is 206 cm³/mol. The Morgan fingerprint density at radius 1 is 0.592 bits per heavy atom. The van der Waals surface area contributed by atoms with Crippen LogP contribution in [0.3, 0.4) is 0 Å². The van der Waals surface area contributed by atoms with Crippen molar-refractivity contribution in [3.05, 3.63) is 140 Å². The fraction of sp³-hybridized carbons (Fsp3) is 0.442. The second-order valence-corrected chi connectivity index (χ2v) is 16.8. The molecule has 4 aliphatic rings. The number of hydrogen-bond acceptors (Lipinski definition) is 4. The van der Waals surface area contributed by atoms with E-state index in [9.17, 15) is 0 Å². The number of benzene rings is 4. The van der Waals surface area contributed by atoms with Crippen molar-refractivity contribution in [1.29, 1.82) is 0 Å². The van der Waals surface area contributed by atoms with Gasteiger partial charge in [-0.15, -0.1) is 0 Å². The highest BCUT2D eigenvalue weighted by molar-refractivity contribution is 6.31. The van der Waals surface area contributed by atoms with Gasteiger partial charge in [0.15, 0.2) is 0 Å². The molecule has 0 aromatic heterocycles. The average molecular weight is 696 g/mol. The third-order valence-electron chi connectivity index (χ3n) is 11.7. The van der Waals surface area contributed by atoms with Crippen molar-refractivity contribution in [3.63, 3.8) is 0 Å². The summed E-state index contributed by atoms with van der Waals surface area (Å²) in [7, 11) is 2.24. The van der Waals surface area contributed by atoms with Crippen molar-refractivity contribution >= 4 is 23.2 Å². The zero-order valence-corrected chi connectivity index (χ0v) is 31.3. The lowest BCUT2D eigenvalue weighted by Gasteiger charge is -2.47. The van der Waals surface area contributed by atoms with Gasteiger partial charge in [0.05, 0.1) is 0 Å². The third kappa shape index (κ3) is 7.38. The van der Waals surface area contributed by atoms with Gasteiger partial charge < -0.3 is 5.32 Å². The molecule has 0 unspecified atom stereocenters. The molecule has 0 radical (unpaired) electrons. The van der Waals surface area contributed by atoms with E-state index < -0.39 is 0 Å². The molecule has 2 heterocycles. The lowest BCUT2D eigenvalue weighted by atomic mass is 9.93. The van der Waals surface area contributed by atoms with Crippen molar-refractivity contribution in [2.75, 3.05) is 46.3 Å². The minimum atomic E-state index is 0.168. The van der Waals surface area contributed by atoms with Gasteiger partial charge in [-0.25, -0.2) is 0 Å². The van der Waals surface area contributed by atoms with E-state index in [1.165, 1.54) is 33.4 Å². The summed E-state index contributed by atoms with van der Waals surface area (Å²) in [6.45, 7) is 15.9. The molecule has 4 atom stereocenters. The van der Waals surface area contributed by atoms with Crippen LogP contribution in [-0.4, -0.2) is 72.1 Å². The first-order chi connectivity index (χ1) is 23.5. The fourth-order valence-electron chi connectivity index (χ4n) is 8.94. The van der Waals surface area contributed by atoms with Crippen LogP contribution in [0.4, 0.5) is 0 Å². The number of halogens is 2. The zero-order chi connectivity index (χ0) is 34.3. The quantitative estimate of drug-likeness (QED) is 0.230. The SMILES string of the molecule is CC1(C)CN([C@@H]2C[C@@H](c3ccccc3)c3ccc(Cl)cc32)CCN1.CN1CCN([C@@H]2C[C@@H](c3ccccc3)c3ccc(Cl)cc32)CC1(C)C. The maximum Gasteiger partial charge on any atom is 0.0409 e. The Hall–Kier alpha value is -2.70. The number of fused-ring (bicyclic) bond motifs is 2. The van der Waals surface area contributed by atoms with Crippen molar-refractivity contribution in [3.8, 4) is 0 Å². The van der Waals surface area contributed by atoms with Gasteiger partial charge in [-0.3, -0.25) is 14.7 Å². The summed E-state index contributed by atoms with van der Waals surface area (Å²) in [6, 6.07) is 35.7. The smallest absolute Gasteiger partial charge is 0.0409 e. The fourth-order valence-corrected chi connectivity index (χ4v) is 9.30. The summed E-state index contributed by atoms with van der Waals surface area (Å²) in [5, 5.41) is 5.32. The summed E-state index contributed by atoms with van der Waals surface area (Å²) in [5.41, 5.74) is 8.98. The van der Waals surface area contributed by atoms with E-state index in [0.717, 1.165) is 62.2 Å². The minimum Gasteiger partial charge on any atom is -0.309 e. The molecular weight excluding hydrogens is 643 g/mol. The topological polar surface area (TPSA) is 21.8 Å². The van der Waals surface area contributed by atoms with Crippen molar-refractivity contribution in [1.82, 2.24) is 20.0 Å². The van der Waals surface area contributed by atoms with Gasteiger partial charge in [-0.05, 0) is 105 Å². The van der Waals surface area contributed by atoms with Gasteiger partial charge in [0.25, 0.3) is 0 Å². The van der Waals surface area contributed by atoms with Crippen molar-refractivity contribution < 1.29 is 0 Å². The van der Waals surface area contributed by atoms with E-state index in [1.807, 2.05) is 12.1 Å². The Labute approximate surface area is 304 Å². The molecular formula is C43H52Cl2N4. The predicted octanol–water partition coefficient (Wildman–Crippen LogP) is 9.54. The Balaban J connectivity index is 0.000000154. The van der Waals surface area contributed by atoms with Gasteiger partial charge >= 0.3 is 0 Å². The Morgan fingerprint density at radius 3 is 1.55 bits per heavy atom. The van der Waals surface area contributed by atoms with Crippen molar-refractivity contribution in [2.45, 2.75) is 75.5 Å². The first-order valence-electron chi connectivity index (χ1n) is 18.1. The molecule has 0 amide bonds. The minimum absolute atomic E-state index is 0.168. The molecule has 49 heavy (non-hydrogen) atoms. The highest BCUT2D eigenvalue weighted by atomic mass is 35.5. The largest absolute Gasteiger partial charge is 0.309 e. The molecule has 1 N–H and O–H groups in total. The molecule has 0 bridgehead atoms. The van der Waals surface area contributed by atoms with Crippen LogP contribution in [-0.2, 0) is 0 Å². The maximum atomic E-state index is 6.37. The molecule has 8 rings (SSSR count). The molecule has 4 nitrogen and oxygen atoms in total. The number of piperazine rings is 2. The summed E-state index contributed by atoms with van der Waals surface area (Å²) < 4.78 is 0. The van der Waals surface area contributed by atoms with Crippen LogP contribution >= 0.6 is 23.2 Å². The molecule has 6 heteroatoms. The van der Waals surface area contributed by atoms with Crippen molar-refractivity contribution in [2.24, 2.45) is 0 Å². The number of likely N-dealkylation sites (N-methyl/N-ethyl adjacent to an activating group) is 1. The van der Waals surface area contributed by atoms with Crippen LogP contribution in [0.25, 0.3) is 0 Å². The normalized spacial score (nSPS) is 26.4. The monoisotopic (exact) mass is 694 g/mol. The summed E-state index contributed by atoms with van der Waals surface area (Å²) in [4.78, 5) is 7.80. The number of hydrogen-bond donors (Lipinski definition) is 1. The third-order valence-corrected chi connectivity index (χ3v) is 12.2. The summed E-state index contributed by atoms with van der Waals surface area (Å²) in [5.74, 6) is 0.947. The maximum absolute atomic E-state index is 6.37. The molecule has 0 spiro atoms. The summed E-state index contributed by atoms with van der Waals surface area (Å²) in [6.07, 6.45) is 2.30. The molecule has 2 fully saturated rings. The Morgan fingerprint density at radius 2 is 1.08 bits per heavy atom. The zero-order valence-electron chi connectivity index (χ0n) is 29.8. The Kier molecular flexibility index (Phi) is 10.0. The first kappa shape index (κ1) is 34.7. The van der Waals surface area contributed by atoms with Crippen LogP contribution < -0.4 is 5.32 Å². The molecule has 4 aromatic rings. The lowest BCUT2D eigenvalue weighted by Crippen LogP contribution is -2.58. The Bertz CT molecular complexity index is 1740. The number of nitrogens with one attached hydrogen (secondary N) is 1. The highest BCUT2D eigenvalue weighted by Crippen LogP contribution is 2.49. The van der Waals surface area contributed by atoms with E-state index >= 15 is 0 Å². The van der Waals surface area contributed by atoms with E-state index in [-0.39, 0.29) is 11.1 Å². The number of nitrogens with zero attached hydrogens (tertiary/aromatic N) is 3. The van der Waals surface area contributed by atoms with E-state index in [0.29, 0.717) is 23.9 Å². The van der Waals surface area contributed by atoms with Gasteiger partial charge in [0.2, 0.25) is 0 Å². The first-order valence-corrected chi connectivity index (χ1v) is 18.9. The van der Waals surface area contributed by atoms with Crippen LogP contribution in [0.2, 0.25) is 10.0 Å². The molecule has 0 saturated carbocycles. The molecule has 2 aliphatic carbocycles. The van der Waals surface area contributed by atoms with Crippen LogP contribution in [0.1, 0.15) is 97.8 Å².